The molecule has 0 saturated carbocycles. The maximum absolute atomic E-state index is 13.2. The maximum atomic E-state index is 13.2. The number of carbonyl (C=O) groups is 2. The van der Waals surface area contributed by atoms with Gasteiger partial charge in [0.25, 0.3) is 11.8 Å². The molecule has 0 atom stereocenters. The lowest BCUT2D eigenvalue weighted by atomic mass is 10.1. The average molecular weight is 395 g/mol. The number of amides is 2. The van der Waals surface area contributed by atoms with Gasteiger partial charge in [0.15, 0.2) is 0 Å². The number of imide groups is 1. The number of nitrogens with zero attached hydrogens (tertiary/aromatic N) is 1. The van der Waals surface area contributed by atoms with Crippen LogP contribution in [0.5, 0.6) is 0 Å². The summed E-state index contributed by atoms with van der Waals surface area (Å²) in [6.07, 6.45) is 0. The third-order valence-corrected chi connectivity index (χ3v) is 5.36. The van der Waals surface area contributed by atoms with Crippen molar-refractivity contribution in [3.05, 3.63) is 87.2 Å². The molecule has 1 aliphatic heterocycles. The molecule has 2 amide bonds. The van der Waals surface area contributed by atoms with Crippen molar-refractivity contribution < 1.29 is 9.59 Å². The van der Waals surface area contributed by atoms with Gasteiger partial charge < -0.3 is 5.32 Å². The Morgan fingerprint density at radius 1 is 0.963 bits per heavy atom. The Morgan fingerprint density at radius 3 is 2.41 bits per heavy atom. The second-order valence-electron chi connectivity index (χ2n) is 6.14. The van der Waals surface area contributed by atoms with E-state index in [1.165, 1.54) is 11.3 Å². The average Bonchev–Trinajstić information content (AvgIpc) is 3.24. The van der Waals surface area contributed by atoms with Gasteiger partial charge in [0, 0.05) is 15.6 Å². The van der Waals surface area contributed by atoms with Gasteiger partial charge in [-0.15, -0.1) is 11.3 Å². The van der Waals surface area contributed by atoms with E-state index in [9.17, 15) is 9.59 Å². The lowest BCUT2D eigenvalue weighted by Gasteiger charge is -2.15. The first-order chi connectivity index (χ1) is 13.0. The van der Waals surface area contributed by atoms with E-state index in [1.807, 2.05) is 48.7 Å². The quantitative estimate of drug-likeness (QED) is 0.626. The van der Waals surface area contributed by atoms with Gasteiger partial charge in [-0.3, -0.25) is 9.59 Å². The summed E-state index contributed by atoms with van der Waals surface area (Å²) in [5.41, 5.74) is 2.95. The summed E-state index contributed by atoms with van der Waals surface area (Å²) in [6.45, 7) is 1.99. The van der Waals surface area contributed by atoms with E-state index in [-0.39, 0.29) is 11.6 Å². The van der Waals surface area contributed by atoms with Crippen LogP contribution in [0.3, 0.4) is 0 Å². The normalized spacial score (nSPS) is 14.2. The molecule has 4 rings (SSSR count). The molecule has 0 bridgehead atoms. The minimum atomic E-state index is -0.397. The van der Waals surface area contributed by atoms with Crippen molar-refractivity contribution in [2.24, 2.45) is 0 Å². The number of thiophene rings is 1. The highest BCUT2D eigenvalue weighted by Crippen LogP contribution is 2.36. The van der Waals surface area contributed by atoms with Crippen LogP contribution in [0.4, 0.5) is 11.4 Å². The van der Waals surface area contributed by atoms with Crippen molar-refractivity contribution >= 4 is 51.7 Å². The molecule has 1 aromatic heterocycles. The number of anilines is 2. The third kappa shape index (κ3) is 3.27. The van der Waals surface area contributed by atoms with Gasteiger partial charge in [0.2, 0.25) is 0 Å². The lowest BCUT2D eigenvalue weighted by molar-refractivity contribution is -0.120. The molecule has 0 radical (unpaired) electrons. The van der Waals surface area contributed by atoms with Gasteiger partial charge >= 0.3 is 0 Å². The SMILES string of the molecule is Cc1ccc(NC2=C(c3cccs3)C(=O)N(c3cccc(Cl)c3)C2=O)cc1. The number of hydrogen-bond acceptors (Lipinski definition) is 4. The number of halogens is 1. The van der Waals surface area contributed by atoms with Crippen LogP contribution in [0.1, 0.15) is 10.4 Å². The smallest absolute Gasteiger partial charge is 0.282 e. The van der Waals surface area contributed by atoms with Crippen LogP contribution < -0.4 is 10.2 Å². The van der Waals surface area contributed by atoms with Gasteiger partial charge in [-0.1, -0.05) is 41.4 Å². The van der Waals surface area contributed by atoms with E-state index in [0.717, 1.165) is 21.0 Å². The fraction of sp³-hybridized carbons (Fsp3) is 0.0476. The van der Waals surface area contributed by atoms with Crippen molar-refractivity contribution in [3.63, 3.8) is 0 Å². The monoisotopic (exact) mass is 394 g/mol. The number of hydrogen-bond donors (Lipinski definition) is 1. The molecule has 3 aromatic rings. The summed E-state index contributed by atoms with van der Waals surface area (Å²) in [5.74, 6) is -0.759. The number of aryl methyl sites for hydroxylation is 1. The highest BCUT2D eigenvalue weighted by molar-refractivity contribution is 7.11. The first-order valence-corrected chi connectivity index (χ1v) is 9.56. The molecule has 0 unspecified atom stereocenters. The van der Waals surface area contributed by atoms with Gasteiger partial charge in [0.1, 0.15) is 5.70 Å². The van der Waals surface area contributed by atoms with Gasteiger partial charge in [-0.2, -0.15) is 0 Å². The summed E-state index contributed by atoms with van der Waals surface area (Å²) >= 11 is 7.48. The molecule has 2 aromatic carbocycles. The molecule has 1 aliphatic rings. The van der Waals surface area contributed by atoms with Crippen molar-refractivity contribution in [1.82, 2.24) is 0 Å². The minimum absolute atomic E-state index is 0.270. The zero-order valence-electron chi connectivity index (χ0n) is 14.4. The molecule has 1 N–H and O–H groups in total. The summed E-state index contributed by atoms with van der Waals surface area (Å²) in [4.78, 5) is 28.2. The van der Waals surface area contributed by atoms with E-state index >= 15 is 0 Å². The molecule has 0 fully saturated rings. The number of benzene rings is 2. The summed E-state index contributed by atoms with van der Waals surface area (Å²) < 4.78 is 0. The van der Waals surface area contributed by atoms with Crippen LogP contribution in [0.15, 0.2) is 71.7 Å². The first-order valence-electron chi connectivity index (χ1n) is 8.31. The minimum Gasteiger partial charge on any atom is -0.350 e. The predicted molar refractivity (Wildman–Crippen MR) is 110 cm³/mol. The molecule has 0 saturated heterocycles. The Balaban J connectivity index is 1.79. The van der Waals surface area contributed by atoms with Gasteiger partial charge in [-0.05, 0) is 48.7 Å². The lowest BCUT2D eigenvalue weighted by Crippen LogP contribution is -2.32. The molecular formula is C21H15ClN2O2S. The highest BCUT2D eigenvalue weighted by atomic mass is 35.5. The van der Waals surface area contributed by atoms with Crippen LogP contribution >= 0.6 is 22.9 Å². The standard InChI is InChI=1S/C21H15ClN2O2S/c1-13-7-9-15(10-8-13)23-19-18(17-6-3-11-27-17)20(25)24(21(19)26)16-5-2-4-14(22)12-16/h2-12,23H,1H3. The van der Waals surface area contributed by atoms with Gasteiger partial charge in [-0.25, -0.2) is 4.90 Å². The van der Waals surface area contributed by atoms with Crippen LogP contribution in [0, 0.1) is 6.92 Å². The molecule has 0 spiro atoms. The van der Waals surface area contributed by atoms with E-state index in [2.05, 4.69) is 5.32 Å². The summed E-state index contributed by atoms with van der Waals surface area (Å²) in [7, 11) is 0. The second kappa shape index (κ2) is 7.02. The van der Waals surface area contributed by atoms with Gasteiger partial charge in [0.05, 0.1) is 11.3 Å². The van der Waals surface area contributed by atoms with Crippen molar-refractivity contribution in [2.75, 3.05) is 10.2 Å². The molecule has 27 heavy (non-hydrogen) atoms. The highest BCUT2D eigenvalue weighted by Gasteiger charge is 2.40. The Morgan fingerprint density at radius 2 is 1.74 bits per heavy atom. The number of nitrogens with one attached hydrogen (secondary N) is 1. The number of rotatable bonds is 4. The summed E-state index contributed by atoms with van der Waals surface area (Å²) in [5, 5.41) is 5.49. The molecule has 134 valence electrons. The Hall–Kier alpha value is -2.89. The summed E-state index contributed by atoms with van der Waals surface area (Å²) in [6, 6.07) is 18.1. The molecule has 0 aliphatic carbocycles. The fourth-order valence-corrected chi connectivity index (χ4v) is 3.88. The zero-order valence-corrected chi connectivity index (χ0v) is 16.0. The van der Waals surface area contributed by atoms with E-state index in [1.54, 1.807) is 24.3 Å². The molecule has 2 heterocycles. The van der Waals surface area contributed by atoms with Crippen LogP contribution in [0.2, 0.25) is 5.02 Å². The van der Waals surface area contributed by atoms with E-state index < -0.39 is 5.91 Å². The van der Waals surface area contributed by atoms with Crippen molar-refractivity contribution in [1.29, 1.82) is 0 Å². The van der Waals surface area contributed by atoms with E-state index in [0.29, 0.717) is 16.3 Å². The molecule has 6 heteroatoms. The fourth-order valence-electron chi connectivity index (χ4n) is 2.93. The zero-order chi connectivity index (χ0) is 19.0. The van der Waals surface area contributed by atoms with Crippen molar-refractivity contribution in [3.8, 4) is 0 Å². The second-order valence-corrected chi connectivity index (χ2v) is 7.53. The first kappa shape index (κ1) is 17.5. The Bertz CT molecular complexity index is 1060. The Kier molecular flexibility index (Phi) is 4.56. The maximum Gasteiger partial charge on any atom is 0.282 e. The van der Waals surface area contributed by atoms with Crippen LogP contribution in [0.25, 0.3) is 5.57 Å². The Labute approximate surface area is 165 Å². The molecule has 4 nitrogen and oxygen atoms in total. The van der Waals surface area contributed by atoms with Crippen molar-refractivity contribution in [2.45, 2.75) is 6.92 Å². The van der Waals surface area contributed by atoms with Crippen LogP contribution in [-0.2, 0) is 9.59 Å². The third-order valence-electron chi connectivity index (χ3n) is 4.24. The number of carbonyl (C=O) groups excluding carboxylic acids is 2. The van der Waals surface area contributed by atoms with E-state index in [4.69, 9.17) is 11.6 Å². The topological polar surface area (TPSA) is 49.4 Å². The largest absolute Gasteiger partial charge is 0.350 e. The predicted octanol–water partition coefficient (Wildman–Crippen LogP) is 5.11. The molecular weight excluding hydrogens is 380 g/mol. The van der Waals surface area contributed by atoms with Crippen LogP contribution in [-0.4, -0.2) is 11.8 Å².